The number of aliphatic imine (C=N–C) groups is 2. The molecule has 69 heavy (non-hydrogen) atoms. The van der Waals surface area contributed by atoms with Gasteiger partial charge in [0.25, 0.3) is 11.8 Å². The van der Waals surface area contributed by atoms with E-state index in [0.29, 0.717) is 54.6 Å². The van der Waals surface area contributed by atoms with Crippen LogP contribution in [0.2, 0.25) is 20.1 Å². The normalized spacial score (nSPS) is 16.1. The van der Waals surface area contributed by atoms with Gasteiger partial charge in [-0.05, 0) is 150 Å². The van der Waals surface area contributed by atoms with E-state index in [9.17, 15) is 24.3 Å². The van der Waals surface area contributed by atoms with E-state index in [0.717, 1.165) is 30.4 Å². The quantitative estimate of drug-likeness (QED) is 0.103. The van der Waals surface area contributed by atoms with E-state index in [1.165, 1.54) is 0 Å². The van der Waals surface area contributed by atoms with Crippen molar-refractivity contribution in [1.82, 2.24) is 9.80 Å². The van der Waals surface area contributed by atoms with Crippen molar-refractivity contribution in [3.05, 3.63) is 138 Å². The largest absolute Gasteiger partial charge is 1.00 e. The van der Waals surface area contributed by atoms with Gasteiger partial charge in [0, 0.05) is 31.2 Å². The van der Waals surface area contributed by atoms with Gasteiger partial charge in [-0.1, -0.05) is 112 Å². The van der Waals surface area contributed by atoms with Crippen LogP contribution in [0.4, 0.5) is 0 Å². The molecular weight excluding hydrogens is 969 g/mol. The van der Waals surface area contributed by atoms with Gasteiger partial charge in [-0.2, -0.15) is 0 Å². The number of esters is 1. The topological polar surface area (TPSA) is 159 Å². The van der Waals surface area contributed by atoms with Crippen molar-refractivity contribution in [2.75, 3.05) is 0 Å². The van der Waals surface area contributed by atoms with Crippen LogP contribution in [0.15, 0.2) is 94.9 Å². The Hall–Kier alpha value is -3.78. The Morgan fingerprint density at radius 3 is 1.22 bits per heavy atom. The number of ether oxygens (including phenoxy) is 1. The first kappa shape index (κ1) is 59.5. The van der Waals surface area contributed by atoms with E-state index >= 15 is 0 Å². The summed E-state index contributed by atoms with van der Waals surface area (Å²) in [6.45, 7) is 24.3. The molecule has 2 aliphatic rings. The standard InChI is InChI=1S/C28H34Cl2N2O3.C25H28Cl2N2O3.Na.H2O/c1-17(2)35-26(34)19-10-8-18(9-11-19)23(12-13-27(3,4)5)32-25(33)24(31-28(32,6)7)20-14-21(29)16-22(30)15-20;1-24(2,3)11-10-20(15-6-8-16(9-7-15)23(31)32)29-22(30)21(28-25(29,4)5)17-12-18(26)14-19(27)13-17;;/h8-11,14-17,23H,12-13H2,1-7H3;6-9,12-14,20H,10-11H2,1-5H3,(H,31,32);;1H2/q;;+1;/p-1/t23-;20-;;/m11../s1. The second-order valence-corrected chi connectivity index (χ2v) is 22.6. The summed E-state index contributed by atoms with van der Waals surface area (Å²) in [6, 6.07) is 23.6. The zero-order chi connectivity index (χ0) is 50.0. The number of carbonyl (C=O) groups is 4. The molecule has 0 aliphatic carbocycles. The van der Waals surface area contributed by atoms with Crippen molar-refractivity contribution in [1.29, 1.82) is 0 Å². The van der Waals surface area contributed by atoms with Gasteiger partial charge in [0.1, 0.15) is 22.7 Å². The molecule has 0 radical (unpaired) electrons. The minimum absolute atomic E-state index is 0. The Labute approximate surface area is 449 Å². The number of aromatic carboxylic acids is 1. The average Bonchev–Trinajstić information content (AvgIpc) is 3.59. The van der Waals surface area contributed by atoms with Crippen molar-refractivity contribution in [3.8, 4) is 0 Å². The molecule has 0 bridgehead atoms. The Balaban J connectivity index is 0.000000356. The summed E-state index contributed by atoms with van der Waals surface area (Å²) in [5.41, 5.74) is 2.93. The number of rotatable bonds is 13. The molecule has 0 saturated carbocycles. The fourth-order valence-electron chi connectivity index (χ4n) is 8.28. The molecule has 4 aromatic rings. The van der Waals surface area contributed by atoms with Crippen LogP contribution in [0.1, 0.15) is 164 Å². The van der Waals surface area contributed by atoms with Crippen LogP contribution in [0, 0.1) is 10.8 Å². The van der Waals surface area contributed by atoms with Crippen LogP contribution in [0.5, 0.6) is 0 Å². The Kier molecular flexibility index (Phi) is 20.4. The number of amides is 2. The fourth-order valence-corrected chi connectivity index (χ4v) is 9.33. The van der Waals surface area contributed by atoms with Gasteiger partial charge in [0.2, 0.25) is 0 Å². The van der Waals surface area contributed by atoms with Crippen LogP contribution < -0.4 is 29.6 Å². The Morgan fingerprint density at radius 2 is 0.928 bits per heavy atom. The summed E-state index contributed by atoms with van der Waals surface area (Å²) >= 11 is 24.8. The molecule has 2 amide bonds. The number of hydrogen-bond donors (Lipinski definition) is 1. The van der Waals surface area contributed by atoms with E-state index in [4.69, 9.17) is 61.1 Å². The fraction of sp³-hybridized carbons (Fsp3) is 0.434. The number of nitrogens with zero attached hydrogens (tertiary/aromatic N) is 4. The van der Waals surface area contributed by atoms with Crippen LogP contribution in [0.25, 0.3) is 0 Å². The molecule has 0 spiro atoms. The first-order chi connectivity index (χ1) is 31.0. The molecule has 2 atom stereocenters. The molecular formula is C53H63Cl4N4NaO7. The van der Waals surface area contributed by atoms with Crippen molar-refractivity contribution in [2.24, 2.45) is 20.8 Å². The van der Waals surface area contributed by atoms with Crippen molar-refractivity contribution >= 4 is 81.6 Å². The van der Waals surface area contributed by atoms with E-state index in [-0.39, 0.29) is 87.4 Å². The van der Waals surface area contributed by atoms with E-state index in [1.807, 2.05) is 58.6 Å². The molecule has 0 aromatic heterocycles. The zero-order valence-corrected chi connectivity index (χ0v) is 46.9. The summed E-state index contributed by atoms with van der Waals surface area (Å²) in [4.78, 5) is 64.3. The Bertz CT molecular complexity index is 2530. The van der Waals surface area contributed by atoms with Crippen LogP contribution >= 0.6 is 46.4 Å². The first-order valence-electron chi connectivity index (χ1n) is 22.4. The van der Waals surface area contributed by atoms with Gasteiger partial charge in [-0.3, -0.25) is 19.6 Å². The molecule has 2 heterocycles. The van der Waals surface area contributed by atoms with Crippen LogP contribution in [-0.4, -0.2) is 73.0 Å². The molecule has 0 saturated heterocycles. The molecule has 0 fully saturated rings. The number of carboxylic acid groups (broad SMARTS) is 1. The second-order valence-electron chi connectivity index (χ2n) is 20.8. The number of hydrogen-bond acceptors (Lipinski definition) is 8. The maximum Gasteiger partial charge on any atom is 1.00 e. The maximum atomic E-state index is 13.8. The summed E-state index contributed by atoms with van der Waals surface area (Å²) in [6.07, 6.45) is 3.03. The third-order valence-electron chi connectivity index (χ3n) is 11.4. The van der Waals surface area contributed by atoms with Gasteiger partial charge in [-0.25, -0.2) is 9.59 Å². The van der Waals surface area contributed by atoms with Crippen molar-refractivity contribution < 1.29 is 64.1 Å². The molecule has 366 valence electrons. The molecule has 0 unspecified atom stereocenters. The van der Waals surface area contributed by atoms with E-state index in [1.54, 1.807) is 77.7 Å². The molecule has 4 aromatic carbocycles. The van der Waals surface area contributed by atoms with Crippen molar-refractivity contribution in [3.63, 3.8) is 0 Å². The third-order valence-corrected chi connectivity index (χ3v) is 12.3. The molecule has 6 rings (SSSR count). The average molecular weight is 1030 g/mol. The minimum Gasteiger partial charge on any atom is -0.870 e. The summed E-state index contributed by atoms with van der Waals surface area (Å²) < 4.78 is 5.32. The molecule has 16 heteroatoms. The van der Waals surface area contributed by atoms with E-state index < -0.39 is 17.3 Å². The number of benzene rings is 4. The SMILES string of the molecule is CC(C)(C)CC[C@H](c1ccc(C(=O)O)cc1)N1C(=O)C(c2cc(Cl)cc(Cl)c2)=NC1(C)C.CC(C)OC(=O)c1ccc([C@@H](CCC(C)(C)C)N2C(=O)C(c3cc(Cl)cc(Cl)c3)=NC2(C)C)cc1.[Na+].[OH-]. The minimum atomic E-state index is -0.983. The number of halogens is 4. The van der Waals surface area contributed by atoms with E-state index in [2.05, 4.69) is 41.5 Å². The van der Waals surface area contributed by atoms with Gasteiger partial charge in [-0.15, -0.1) is 0 Å². The maximum absolute atomic E-state index is 13.8. The van der Waals surface area contributed by atoms with Gasteiger partial charge >= 0.3 is 41.5 Å². The third kappa shape index (κ3) is 15.6. The summed E-state index contributed by atoms with van der Waals surface area (Å²) in [5, 5.41) is 11.0. The summed E-state index contributed by atoms with van der Waals surface area (Å²) in [7, 11) is 0. The Morgan fingerprint density at radius 1 is 0.609 bits per heavy atom. The predicted octanol–water partition coefficient (Wildman–Crippen LogP) is 10.9. The van der Waals surface area contributed by atoms with Gasteiger partial charge in [0.05, 0.1) is 29.3 Å². The number of carbonyl (C=O) groups excluding carboxylic acids is 3. The summed E-state index contributed by atoms with van der Waals surface area (Å²) in [5.74, 6) is -1.72. The predicted molar refractivity (Wildman–Crippen MR) is 273 cm³/mol. The molecule has 2 aliphatic heterocycles. The molecule has 11 nitrogen and oxygen atoms in total. The zero-order valence-electron chi connectivity index (χ0n) is 41.9. The van der Waals surface area contributed by atoms with Crippen LogP contribution in [-0.2, 0) is 14.3 Å². The van der Waals surface area contributed by atoms with Gasteiger partial charge < -0.3 is 25.1 Å². The van der Waals surface area contributed by atoms with Crippen molar-refractivity contribution in [2.45, 2.75) is 138 Å². The monoisotopic (exact) mass is 1030 g/mol. The molecule has 2 N–H and O–H groups in total. The second kappa shape index (κ2) is 23.6. The number of carboxylic acids is 1. The van der Waals surface area contributed by atoms with Crippen LogP contribution in [0.3, 0.4) is 0 Å². The van der Waals surface area contributed by atoms with Gasteiger partial charge in [0.15, 0.2) is 0 Å². The first-order valence-corrected chi connectivity index (χ1v) is 23.9. The smallest absolute Gasteiger partial charge is 0.870 e.